The van der Waals surface area contributed by atoms with Gasteiger partial charge >= 0.3 is 0 Å². The summed E-state index contributed by atoms with van der Waals surface area (Å²) in [6, 6.07) is 5.54. The van der Waals surface area contributed by atoms with Crippen LogP contribution in [-0.4, -0.2) is 61.5 Å². The van der Waals surface area contributed by atoms with Gasteiger partial charge in [-0.1, -0.05) is 0 Å². The van der Waals surface area contributed by atoms with Gasteiger partial charge in [0.2, 0.25) is 10.0 Å². The number of fused-ring (bicyclic) bond motifs is 1. The summed E-state index contributed by atoms with van der Waals surface area (Å²) < 4.78 is 32.6. The van der Waals surface area contributed by atoms with E-state index in [9.17, 15) is 22.8 Å². The predicted octanol–water partition coefficient (Wildman–Crippen LogP) is 1.40. The topological polar surface area (TPSA) is 117 Å². The number of carbonyl (C=O) groups is 3. The molecular weight excluding hydrogens is 410 g/mol. The molecule has 10 heteroatoms. The first-order valence-electron chi connectivity index (χ1n) is 9.51. The zero-order valence-corrected chi connectivity index (χ0v) is 17.4. The molecule has 1 fully saturated rings. The first-order chi connectivity index (χ1) is 14.2. The van der Waals surface area contributed by atoms with E-state index in [-0.39, 0.29) is 46.8 Å². The van der Waals surface area contributed by atoms with Crippen molar-refractivity contribution < 1.29 is 27.2 Å². The number of nitrogens with zero attached hydrogens (tertiary/aromatic N) is 2. The Morgan fingerprint density at radius 1 is 1.10 bits per heavy atom. The molecule has 1 N–H and O–H groups in total. The molecule has 9 nitrogen and oxygen atoms in total. The Morgan fingerprint density at radius 3 is 2.40 bits per heavy atom. The van der Waals surface area contributed by atoms with Crippen LogP contribution < -0.4 is 5.32 Å². The highest BCUT2D eigenvalue weighted by Crippen LogP contribution is 2.27. The highest BCUT2D eigenvalue weighted by molar-refractivity contribution is 7.89. The molecule has 158 valence electrons. The number of imide groups is 1. The summed E-state index contributed by atoms with van der Waals surface area (Å²) in [5.41, 5.74) is 1.04. The predicted molar refractivity (Wildman–Crippen MR) is 106 cm³/mol. The van der Waals surface area contributed by atoms with Gasteiger partial charge in [0, 0.05) is 31.7 Å². The minimum Gasteiger partial charge on any atom is -0.459 e. The van der Waals surface area contributed by atoms with Crippen LogP contribution in [0.5, 0.6) is 0 Å². The second kappa shape index (κ2) is 7.37. The van der Waals surface area contributed by atoms with E-state index in [1.807, 2.05) is 0 Å². The number of hydrogen-bond donors (Lipinski definition) is 1. The van der Waals surface area contributed by atoms with Crippen LogP contribution in [0.25, 0.3) is 0 Å². The highest BCUT2D eigenvalue weighted by Gasteiger charge is 2.36. The molecule has 0 bridgehead atoms. The number of benzene rings is 1. The van der Waals surface area contributed by atoms with Crippen molar-refractivity contribution in [3.05, 3.63) is 53.0 Å². The van der Waals surface area contributed by atoms with Crippen molar-refractivity contribution >= 4 is 27.7 Å². The summed E-state index contributed by atoms with van der Waals surface area (Å²) in [5, 5.41) is 2.88. The van der Waals surface area contributed by atoms with Gasteiger partial charge in [-0.05, 0) is 44.0 Å². The third kappa shape index (κ3) is 3.31. The normalized spacial score (nSPS) is 18.0. The average Bonchev–Trinajstić information content (AvgIpc) is 3.25. The van der Waals surface area contributed by atoms with Gasteiger partial charge < -0.3 is 9.73 Å². The molecule has 3 heterocycles. The average molecular weight is 431 g/mol. The van der Waals surface area contributed by atoms with Crippen LogP contribution in [0.2, 0.25) is 0 Å². The molecule has 3 amide bonds. The fourth-order valence-corrected chi connectivity index (χ4v) is 5.24. The van der Waals surface area contributed by atoms with Crippen molar-refractivity contribution in [2.45, 2.75) is 30.7 Å². The van der Waals surface area contributed by atoms with Crippen LogP contribution in [0.15, 0.2) is 39.8 Å². The van der Waals surface area contributed by atoms with E-state index < -0.39 is 21.8 Å². The van der Waals surface area contributed by atoms with Crippen molar-refractivity contribution in [1.82, 2.24) is 14.5 Å². The quantitative estimate of drug-likeness (QED) is 0.732. The molecule has 2 aliphatic rings. The first kappa shape index (κ1) is 20.3. The lowest BCUT2D eigenvalue weighted by molar-refractivity contribution is 0.0692. The van der Waals surface area contributed by atoms with Crippen LogP contribution in [0.3, 0.4) is 0 Å². The van der Waals surface area contributed by atoms with Crippen molar-refractivity contribution in [3.63, 3.8) is 0 Å². The van der Waals surface area contributed by atoms with Crippen molar-refractivity contribution in [2.24, 2.45) is 0 Å². The van der Waals surface area contributed by atoms with E-state index >= 15 is 0 Å². The lowest BCUT2D eigenvalue weighted by atomic mass is 10.1. The standard InChI is InChI=1S/C20H21N3O6S/c1-12-7-10-29-17(12)18(24)21-13-5-8-23(9-6-13)30(27,28)14-3-4-15-16(11-14)20(26)22(2)19(15)25/h3-4,7,10-11,13H,5-6,8-9H2,1-2H3,(H,21,24). The van der Waals surface area contributed by atoms with Crippen molar-refractivity contribution in [1.29, 1.82) is 0 Å². The Morgan fingerprint density at radius 2 is 1.77 bits per heavy atom. The van der Waals surface area contributed by atoms with E-state index in [2.05, 4.69) is 5.32 Å². The molecular formula is C20H21N3O6S. The van der Waals surface area contributed by atoms with Gasteiger partial charge in [-0.15, -0.1) is 0 Å². The van der Waals surface area contributed by atoms with Crippen LogP contribution in [0, 0.1) is 6.92 Å². The van der Waals surface area contributed by atoms with Gasteiger partial charge in [0.25, 0.3) is 17.7 Å². The van der Waals surface area contributed by atoms with E-state index in [0.29, 0.717) is 12.8 Å². The number of furan rings is 1. The van der Waals surface area contributed by atoms with Gasteiger partial charge in [0.1, 0.15) is 0 Å². The number of rotatable bonds is 4. The number of sulfonamides is 1. The Balaban J connectivity index is 1.45. The fraction of sp³-hybridized carbons (Fsp3) is 0.350. The third-order valence-corrected chi connectivity index (χ3v) is 7.45. The van der Waals surface area contributed by atoms with Gasteiger partial charge in [-0.3, -0.25) is 19.3 Å². The van der Waals surface area contributed by atoms with E-state index in [4.69, 9.17) is 4.42 Å². The van der Waals surface area contributed by atoms with Crippen LogP contribution in [0.4, 0.5) is 0 Å². The maximum atomic E-state index is 13.0. The van der Waals surface area contributed by atoms with Gasteiger partial charge in [-0.2, -0.15) is 4.31 Å². The van der Waals surface area contributed by atoms with E-state index in [1.165, 1.54) is 35.8 Å². The maximum absolute atomic E-state index is 13.0. The maximum Gasteiger partial charge on any atom is 0.287 e. The summed E-state index contributed by atoms with van der Waals surface area (Å²) in [7, 11) is -2.46. The second-order valence-electron chi connectivity index (χ2n) is 7.46. The highest BCUT2D eigenvalue weighted by atomic mass is 32.2. The molecule has 2 aromatic rings. The lowest BCUT2D eigenvalue weighted by Crippen LogP contribution is -2.46. The third-order valence-electron chi connectivity index (χ3n) is 5.56. The fourth-order valence-electron chi connectivity index (χ4n) is 3.75. The molecule has 1 saturated heterocycles. The van der Waals surface area contributed by atoms with Crippen molar-refractivity contribution in [3.8, 4) is 0 Å². The molecule has 0 aliphatic carbocycles. The smallest absolute Gasteiger partial charge is 0.287 e. The summed E-state index contributed by atoms with van der Waals surface area (Å²) >= 11 is 0. The van der Waals surface area contributed by atoms with E-state index in [0.717, 1.165) is 10.5 Å². The minimum absolute atomic E-state index is 0.0219. The van der Waals surface area contributed by atoms with Crippen LogP contribution in [0.1, 0.15) is 49.7 Å². The SMILES string of the molecule is Cc1ccoc1C(=O)NC1CCN(S(=O)(=O)c2ccc3c(c2)C(=O)N(C)C3=O)CC1. The summed E-state index contributed by atoms with van der Waals surface area (Å²) in [6.45, 7) is 2.24. The molecule has 1 aromatic carbocycles. The van der Waals surface area contributed by atoms with Gasteiger partial charge in [0.15, 0.2) is 5.76 Å². The second-order valence-corrected chi connectivity index (χ2v) is 9.40. The molecule has 1 aromatic heterocycles. The number of carbonyl (C=O) groups excluding carboxylic acids is 3. The Kier molecular flexibility index (Phi) is 4.99. The lowest BCUT2D eigenvalue weighted by Gasteiger charge is -2.31. The minimum atomic E-state index is -3.82. The summed E-state index contributed by atoms with van der Waals surface area (Å²) in [4.78, 5) is 37.4. The van der Waals surface area contributed by atoms with Crippen LogP contribution in [-0.2, 0) is 10.0 Å². The number of amides is 3. The Bertz CT molecular complexity index is 1150. The first-order valence-corrected chi connectivity index (χ1v) is 11.0. The van der Waals surface area contributed by atoms with Gasteiger partial charge in [-0.25, -0.2) is 8.42 Å². The van der Waals surface area contributed by atoms with E-state index in [1.54, 1.807) is 13.0 Å². The monoisotopic (exact) mass is 431 g/mol. The van der Waals surface area contributed by atoms with Crippen LogP contribution >= 0.6 is 0 Å². The summed E-state index contributed by atoms with van der Waals surface area (Å²) in [5.74, 6) is -1.01. The number of aryl methyl sites for hydroxylation is 1. The number of piperidine rings is 1. The molecule has 0 saturated carbocycles. The zero-order valence-electron chi connectivity index (χ0n) is 16.5. The largest absolute Gasteiger partial charge is 0.459 e. The molecule has 0 radical (unpaired) electrons. The molecule has 2 aliphatic heterocycles. The van der Waals surface area contributed by atoms with Gasteiger partial charge in [0.05, 0.1) is 22.3 Å². The molecule has 4 rings (SSSR count). The molecule has 0 unspecified atom stereocenters. The summed E-state index contributed by atoms with van der Waals surface area (Å²) in [6.07, 6.45) is 2.36. The Labute approximate surface area is 173 Å². The zero-order chi connectivity index (χ0) is 21.6. The number of nitrogens with one attached hydrogen (secondary N) is 1. The number of hydrogen-bond acceptors (Lipinski definition) is 6. The van der Waals surface area contributed by atoms with Crippen molar-refractivity contribution in [2.75, 3.05) is 20.1 Å². The molecule has 0 atom stereocenters. The molecule has 30 heavy (non-hydrogen) atoms. The molecule has 0 spiro atoms. The Hall–Kier alpha value is -2.98.